The first-order valence-corrected chi connectivity index (χ1v) is 7.37. The maximum Gasteiger partial charge on any atom is 0.203 e. The quantitative estimate of drug-likeness (QED) is 0.793. The second kappa shape index (κ2) is 7.41. The normalized spacial score (nSPS) is 10.4. The fourth-order valence-corrected chi connectivity index (χ4v) is 2.73. The van der Waals surface area contributed by atoms with Crippen LogP contribution >= 0.6 is 11.6 Å². The second-order valence-electron chi connectivity index (χ2n) is 4.87. The number of aryl methyl sites for hydroxylation is 1. The summed E-state index contributed by atoms with van der Waals surface area (Å²) in [4.78, 5) is 0. The van der Waals surface area contributed by atoms with E-state index < -0.39 is 0 Å². The number of rotatable bonds is 6. The van der Waals surface area contributed by atoms with E-state index in [1.54, 1.807) is 21.3 Å². The predicted molar refractivity (Wildman–Crippen MR) is 89.4 cm³/mol. The maximum absolute atomic E-state index is 6.22. The van der Waals surface area contributed by atoms with Gasteiger partial charge in [-0.25, -0.2) is 0 Å². The van der Waals surface area contributed by atoms with Crippen LogP contribution in [0, 0.1) is 6.92 Å². The molecule has 22 heavy (non-hydrogen) atoms. The highest BCUT2D eigenvalue weighted by molar-refractivity contribution is 6.31. The largest absolute Gasteiger partial charge is 0.493 e. The number of halogens is 1. The van der Waals surface area contributed by atoms with Gasteiger partial charge in [0.25, 0.3) is 0 Å². The summed E-state index contributed by atoms with van der Waals surface area (Å²) in [6.45, 7) is 4.10. The van der Waals surface area contributed by atoms with Crippen LogP contribution in [0.25, 0.3) is 0 Å². The number of methoxy groups -OCH3 is 3. The number of benzene rings is 2. The fourth-order valence-electron chi connectivity index (χ4n) is 2.50. The molecule has 3 nitrogen and oxygen atoms in total. The van der Waals surface area contributed by atoms with Crippen LogP contribution in [-0.2, 0) is 12.8 Å². The van der Waals surface area contributed by atoms with Crippen molar-refractivity contribution in [1.82, 2.24) is 0 Å². The van der Waals surface area contributed by atoms with Gasteiger partial charge in [-0.15, -0.1) is 0 Å². The molecule has 0 saturated heterocycles. The minimum Gasteiger partial charge on any atom is -0.493 e. The SMILES string of the molecule is [CH2]c1cc(OC)c(OC)c(OC)c1CCc1ccccc1Cl. The van der Waals surface area contributed by atoms with Crippen LogP contribution in [0.4, 0.5) is 0 Å². The van der Waals surface area contributed by atoms with Gasteiger partial charge < -0.3 is 14.2 Å². The first kappa shape index (κ1) is 16.5. The third kappa shape index (κ3) is 3.30. The third-order valence-corrected chi connectivity index (χ3v) is 4.00. The Balaban J connectivity index is 2.36. The van der Waals surface area contributed by atoms with Crippen molar-refractivity contribution in [1.29, 1.82) is 0 Å². The molecule has 1 radical (unpaired) electrons. The molecule has 0 fully saturated rings. The molecule has 0 amide bonds. The van der Waals surface area contributed by atoms with Gasteiger partial charge in [0.15, 0.2) is 11.5 Å². The Labute approximate surface area is 136 Å². The lowest BCUT2D eigenvalue weighted by Crippen LogP contribution is -2.03. The Morgan fingerprint density at radius 3 is 2.23 bits per heavy atom. The Morgan fingerprint density at radius 2 is 1.64 bits per heavy atom. The van der Waals surface area contributed by atoms with Crippen LogP contribution in [0.1, 0.15) is 16.7 Å². The monoisotopic (exact) mass is 319 g/mol. The van der Waals surface area contributed by atoms with Crippen molar-refractivity contribution in [2.24, 2.45) is 0 Å². The molecule has 0 atom stereocenters. The fraction of sp³-hybridized carbons (Fsp3) is 0.278. The van der Waals surface area contributed by atoms with Gasteiger partial charge in [0.05, 0.1) is 21.3 Å². The Bertz CT molecular complexity index is 653. The van der Waals surface area contributed by atoms with E-state index in [1.807, 2.05) is 30.3 Å². The Kier molecular flexibility index (Phi) is 5.56. The molecule has 0 saturated carbocycles. The van der Waals surface area contributed by atoms with Crippen molar-refractivity contribution in [2.45, 2.75) is 12.8 Å². The summed E-state index contributed by atoms with van der Waals surface area (Å²) in [6.07, 6.45) is 1.56. The van der Waals surface area contributed by atoms with Gasteiger partial charge in [-0.2, -0.15) is 0 Å². The zero-order valence-electron chi connectivity index (χ0n) is 13.1. The van der Waals surface area contributed by atoms with Crippen LogP contribution in [0.3, 0.4) is 0 Å². The standard InChI is InChI=1S/C18H20ClO3/c1-12-11-16(20-2)18(22-4)17(21-3)14(12)10-9-13-7-5-6-8-15(13)19/h5-8,11H,1,9-10H2,2-4H3. The lowest BCUT2D eigenvalue weighted by atomic mass is 9.98. The molecule has 0 heterocycles. The maximum atomic E-state index is 6.22. The first-order chi connectivity index (χ1) is 10.6. The lowest BCUT2D eigenvalue weighted by molar-refractivity contribution is 0.322. The summed E-state index contributed by atoms with van der Waals surface area (Å²) in [5.41, 5.74) is 2.96. The van der Waals surface area contributed by atoms with E-state index in [4.69, 9.17) is 25.8 Å². The van der Waals surface area contributed by atoms with E-state index in [0.29, 0.717) is 17.2 Å². The van der Waals surface area contributed by atoms with Crippen molar-refractivity contribution in [3.8, 4) is 17.2 Å². The van der Waals surface area contributed by atoms with Gasteiger partial charge >= 0.3 is 0 Å². The summed E-state index contributed by atoms with van der Waals surface area (Å²) in [5.74, 6) is 1.87. The Morgan fingerprint density at radius 1 is 0.955 bits per heavy atom. The minimum atomic E-state index is 0.589. The molecule has 2 aromatic carbocycles. The molecule has 0 aliphatic carbocycles. The van der Waals surface area contributed by atoms with Crippen LogP contribution in [0.5, 0.6) is 17.2 Å². The molecule has 0 unspecified atom stereocenters. The summed E-state index contributed by atoms with van der Waals surface area (Å²) in [5, 5.41) is 0.771. The molecule has 0 aliphatic rings. The van der Waals surface area contributed by atoms with E-state index in [0.717, 1.165) is 34.6 Å². The predicted octanol–water partition coefficient (Wildman–Crippen LogP) is 4.33. The second-order valence-corrected chi connectivity index (χ2v) is 5.28. The van der Waals surface area contributed by atoms with E-state index in [-0.39, 0.29) is 0 Å². The summed E-state index contributed by atoms with van der Waals surface area (Å²) in [7, 11) is 4.82. The van der Waals surface area contributed by atoms with Crippen LogP contribution in [-0.4, -0.2) is 21.3 Å². The lowest BCUT2D eigenvalue weighted by Gasteiger charge is -2.18. The minimum absolute atomic E-state index is 0.589. The van der Waals surface area contributed by atoms with E-state index >= 15 is 0 Å². The van der Waals surface area contributed by atoms with Gasteiger partial charge in [0.2, 0.25) is 5.75 Å². The van der Waals surface area contributed by atoms with Gasteiger partial charge in [-0.3, -0.25) is 0 Å². The summed E-state index contributed by atoms with van der Waals surface area (Å²) < 4.78 is 16.3. The highest BCUT2D eigenvalue weighted by atomic mass is 35.5. The molecule has 0 N–H and O–H groups in total. The van der Waals surface area contributed by atoms with Crippen molar-refractivity contribution in [2.75, 3.05) is 21.3 Å². The van der Waals surface area contributed by atoms with Crippen molar-refractivity contribution in [3.63, 3.8) is 0 Å². The molecule has 0 spiro atoms. The number of ether oxygens (including phenoxy) is 3. The highest BCUT2D eigenvalue weighted by Gasteiger charge is 2.18. The molecule has 0 aliphatic heterocycles. The summed E-state index contributed by atoms with van der Waals surface area (Å²) in [6, 6.07) is 9.70. The zero-order chi connectivity index (χ0) is 16.1. The topological polar surface area (TPSA) is 27.7 Å². The van der Waals surface area contributed by atoms with Crippen LogP contribution < -0.4 is 14.2 Å². The van der Waals surface area contributed by atoms with E-state index in [1.165, 1.54) is 0 Å². The van der Waals surface area contributed by atoms with Crippen molar-refractivity contribution in [3.05, 3.63) is 59.0 Å². The van der Waals surface area contributed by atoms with Gasteiger partial charge in [0, 0.05) is 10.6 Å². The molecule has 4 heteroatoms. The average molecular weight is 320 g/mol. The van der Waals surface area contributed by atoms with E-state index in [9.17, 15) is 0 Å². The van der Waals surface area contributed by atoms with Crippen LogP contribution in [0.2, 0.25) is 5.02 Å². The summed E-state index contributed by atoms with van der Waals surface area (Å²) >= 11 is 6.22. The average Bonchev–Trinajstić information content (AvgIpc) is 2.53. The first-order valence-electron chi connectivity index (χ1n) is 6.99. The highest BCUT2D eigenvalue weighted by Crippen LogP contribution is 2.42. The van der Waals surface area contributed by atoms with Crippen molar-refractivity contribution >= 4 is 11.6 Å². The molecule has 117 valence electrons. The number of hydrogen-bond donors (Lipinski definition) is 0. The third-order valence-electron chi connectivity index (χ3n) is 3.63. The molecular weight excluding hydrogens is 300 g/mol. The van der Waals surface area contributed by atoms with Crippen LogP contribution in [0.15, 0.2) is 30.3 Å². The number of hydrogen-bond acceptors (Lipinski definition) is 3. The van der Waals surface area contributed by atoms with Gasteiger partial charge in [-0.05, 0) is 43.0 Å². The molecular formula is C18H20ClO3. The zero-order valence-corrected chi connectivity index (χ0v) is 13.9. The molecule has 2 aromatic rings. The molecule has 0 aromatic heterocycles. The molecule has 2 rings (SSSR count). The van der Waals surface area contributed by atoms with Gasteiger partial charge in [-0.1, -0.05) is 29.8 Å². The Hall–Kier alpha value is -1.87. The van der Waals surface area contributed by atoms with Crippen molar-refractivity contribution < 1.29 is 14.2 Å². The van der Waals surface area contributed by atoms with Gasteiger partial charge in [0.1, 0.15) is 0 Å². The van der Waals surface area contributed by atoms with E-state index in [2.05, 4.69) is 6.92 Å². The smallest absolute Gasteiger partial charge is 0.203 e. The molecule has 0 bridgehead atoms.